The molecule has 6 nitrogen and oxygen atoms in total. The summed E-state index contributed by atoms with van der Waals surface area (Å²) in [7, 11) is -0.710. The van der Waals surface area contributed by atoms with Crippen LogP contribution in [0.3, 0.4) is 0 Å². The van der Waals surface area contributed by atoms with Gasteiger partial charge in [-0.05, 0) is 50.5 Å². The van der Waals surface area contributed by atoms with E-state index in [0.29, 0.717) is 17.5 Å². The summed E-state index contributed by atoms with van der Waals surface area (Å²) in [6, 6.07) is 7.33. The Balaban J connectivity index is 2.37. The van der Waals surface area contributed by atoms with Gasteiger partial charge in [-0.1, -0.05) is 68.7 Å². The van der Waals surface area contributed by atoms with Crippen LogP contribution in [-0.4, -0.2) is 51.7 Å². The summed E-state index contributed by atoms with van der Waals surface area (Å²) in [4.78, 5) is 14.5. The van der Waals surface area contributed by atoms with E-state index in [1.807, 2.05) is 18.2 Å². The first-order valence-corrected chi connectivity index (χ1v) is 13.8. The fourth-order valence-corrected chi connectivity index (χ4v) is 6.16. The van der Waals surface area contributed by atoms with Gasteiger partial charge in [0.2, 0.25) is 0 Å². The monoisotopic (exact) mass is 500 g/mol. The molecule has 0 amide bonds. The molecule has 2 rings (SSSR count). The molecule has 35 heavy (non-hydrogen) atoms. The van der Waals surface area contributed by atoms with E-state index >= 15 is 0 Å². The summed E-state index contributed by atoms with van der Waals surface area (Å²) in [5, 5.41) is 15.4. The average molecular weight is 501 g/mol. The van der Waals surface area contributed by atoms with Crippen molar-refractivity contribution in [2.24, 2.45) is 5.41 Å². The number of nitro benzene ring substituents is 1. The van der Waals surface area contributed by atoms with Crippen LogP contribution < -0.4 is 5.32 Å². The van der Waals surface area contributed by atoms with Crippen molar-refractivity contribution in [3.05, 3.63) is 71.6 Å². The first-order valence-electron chi connectivity index (χ1n) is 12.5. The topological polar surface area (TPSA) is 61.6 Å². The Morgan fingerprint density at radius 3 is 2.63 bits per heavy atom. The van der Waals surface area contributed by atoms with Crippen molar-refractivity contribution in [3.63, 3.8) is 0 Å². The first-order chi connectivity index (χ1) is 16.4. The van der Waals surface area contributed by atoms with E-state index < -0.39 is 10.7 Å². The van der Waals surface area contributed by atoms with Crippen LogP contribution in [0.2, 0.25) is 0 Å². The van der Waals surface area contributed by atoms with Gasteiger partial charge in [0.1, 0.15) is 0 Å². The van der Waals surface area contributed by atoms with Crippen molar-refractivity contribution >= 4 is 22.2 Å². The number of para-hydroxylation sites is 1. The molecule has 1 aromatic carbocycles. The second-order valence-corrected chi connectivity index (χ2v) is 12.3. The number of likely N-dealkylation sites (tertiary alicyclic amines) is 1. The van der Waals surface area contributed by atoms with Gasteiger partial charge in [0.15, 0.2) is 0 Å². The number of nitrogens with one attached hydrogen (secondary N) is 1. The van der Waals surface area contributed by atoms with Gasteiger partial charge in [-0.2, -0.15) is 0 Å². The highest BCUT2D eigenvalue weighted by atomic mass is 32.2. The summed E-state index contributed by atoms with van der Waals surface area (Å²) in [6.07, 6.45) is 6.87. The molecule has 1 heterocycles. The maximum Gasteiger partial charge on any atom is 0.283 e. The number of allylic oxidation sites excluding steroid dienone is 2. The molecule has 0 spiro atoms. The lowest BCUT2D eigenvalue weighted by Gasteiger charge is -2.37. The second kappa shape index (κ2) is 13.1. The average Bonchev–Trinajstić information content (AvgIpc) is 3.21. The van der Waals surface area contributed by atoms with E-state index in [0.717, 1.165) is 56.6 Å². The molecule has 1 aliphatic heterocycles. The SMILES string of the molecule is C=CCCCN(C[C@H](NC(=C)CC(C)(C)C)C(=C)N1CCCC1C)S(=C)c1ccccc1[N+](=O)[O-]. The fourth-order valence-electron chi connectivity index (χ4n) is 4.59. The summed E-state index contributed by atoms with van der Waals surface area (Å²) in [5.41, 5.74) is 2.27. The minimum Gasteiger partial charge on any atom is -0.379 e. The Labute approximate surface area is 215 Å². The van der Waals surface area contributed by atoms with E-state index in [2.05, 4.69) is 67.8 Å². The zero-order chi connectivity index (χ0) is 26.2. The maximum absolute atomic E-state index is 11.7. The van der Waals surface area contributed by atoms with E-state index in [9.17, 15) is 10.1 Å². The molecule has 1 aromatic rings. The Morgan fingerprint density at radius 2 is 2.06 bits per heavy atom. The smallest absolute Gasteiger partial charge is 0.283 e. The molecule has 7 heteroatoms. The molecule has 1 fully saturated rings. The molecule has 194 valence electrons. The summed E-state index contributed by atoms with van der Waals surface area (Å²) in [6.45, 7) is 24.0. The predicted octanol–water partition coefficient (Wildman–Crippen LogP) is 6.74. The standard InChI is InChI=1S/C28H44N4O2S/c1-9-10-13-18-30(35(8)27-17-12-11-16-26(27)32(33)34)21-25(29-22(2)20-28(5,6)7)24(4)31-19-14-15-23(31)3/h9,11-12,16-17,23,25,29H,1-2,4,8,10,13-15,18-21H2,3,5-7H3/t23?,25-,35?/m0/s1. The molecule has 0 aliphatic carbocycles. The zero-order valence-corrected chi connectivity index (χ0v) is 22.9. The summed E-state index contributed by atoms with van der Waals surface area (Å²) in [5.74, 6) is 4.42. The van der Waals surface area contributed by atoms with Crippen molar-refractivity contribution < 1.29 is 4.92 Å². The van der Waals surface area contributed by atoms with E-state index in [-0.39, 0.29) is 22.1 Å². The quantitative estimate of drug-likeness (QED) is 0.101. The Hall–Kier alpha value is -2.38. The van der Waals surface area contributed by atoms with Crippen molar-refractivity contribution in [1.29, 1.82) is 0 Å². The molecular formula is C28H44N4O2S. The highest BCUT2D eigenvalue weighted by Crippen LogP contribution is 2.37. The van der Waals surface area contributed by atoms with E-state index in [4.69, 9.17) is 0 Å². The second-order valence-electron chi connectivity index (χ2n) is 10.6. The first kappa shape index (κ1) is 28.9. The molecular weight excluding hydrogens is 456 g/mol. The van der Waals surface area contributed by atoms with Gasteiger partial charge in [-0.25, -0.2) is 4.31 Å². The molecule has 0 radical (unpaired) electrons. The Kier molecular flexibility index (Phi) is 10.8. The van der Waals surface area contributed by atoms with E-state index in [1.54, 1.807) is 12.1 Å². The van der Waals surface area contributed by atoms with Gasteiger partial charge in [0.25, 0.3) is 5.69 Å². The lowest BCUT2D eigenvalue weighted by Crippen LogP contribution is -2.45. The Morgan fingerprint density at radius 1 is 1.37 bits per heavy atom. The van der Waals surface area contributed by atoms with Crippen LogP contribution in [0.5, 0.6) is 0 Å². The molecule has 2 unspecified atom stereocenters. The number of unbranched alkanes of at least 4 members (excludes halogenated alkanes) is 1. The third kappa shape index (κ3) is 8.65. The number of rotatable bonds is 14. The van der Waals surface area contributed by atoms with Crippen molar-refractivity contribution in [2.75, 3.05) is 19.6 Å². The predicted molar refractivity (Wildman–Crippen MR) is 152 cm³/mol. The van der Waals surface area contributed by atoms with Gasteiger partial charge in [0, 0.05) is 43.1 Å². The van der Waals surface area contributed by atoms with Gasteiger partial charge in [0.05, 0.1) is 15.9 Å². The largest absolute Gasteiger partial charge is 0.379 e. The van der Waals surface area contributed by atoms with Gasteiger partial charge < -0.3 is 10.2 Å². The molecule has 0 saturated carbocycles. The van der Waals surface area contributed by atoms with Crippen LogP contribution in [0.15, 0.2) is 66.4 Å². The van der Waals surface area contributed by atoms with Crippen LogP contribution in [0, 0.1) is 15.5 Å². The van der Waals surface area contributed by atoms with Gasteiger partial charge >= 0.3 is 0 Å². The number of nitrogens with zero attached hydrogens (tertiary/aromatic N) is 3. The molecule has 1 aliphatic rings. The van der Waals surface area contributed by atoms with Crippen molar-refractivity contribution in [1.82, 2.24) is 14.5 Å². The number of nitro groups is 1. The van der Waals surface area contributed by atoms with Crippen LogP contribution in [0.1, 0.15) is 59.8 Å². The van der Waals surface area contributed by atoms with Gasteiger partial charge in [-0.3, -0.25) is 10.1 Å². The third-order valence-electron chi connectivity index (χ3n) is 6.28. The van der Waals surface area contributed by atoms with E-state index in [1.165, 1.54) is 0 Å². The molecule has 1 saturated heterocycles. The molecule has 1 N–H and O–H groups in total. The van der Waals surface area contributed by atoms with Crippen LogP contribution in [-0.2, 0) is 0 Å². The van der Waals surface area contributed by atoms with Crippen molar-refractivity contribution in [2.45, 2.75) is 76.8 Å². The number of hydrogen-bond donors (Lipinski definition) is 1. The number of hydrogen-bond acceptors (Lipinski definition) is 5. The summed E-state index contributed by atoms with van der Waals surface area (Å²) >= 11 is 0. The lowest BCUT2D eigenvalue weighted by molar-refractivity contribution is -0.387. The van der Waals surface area contributed by atoms with Crippen molar-refractivity contribution in [3.8, 4) is 0 Å². The zero-order valence-electron chi connectivity index (χ0n) is 22.1. The lowest BCUT2D eigenvalue weighted by atomic mass is 9.90. The molecule has 0 bridgehead atoms. The fraction of sp³-hybridized carbons (Fsp3) is 0.536. The highest BCUT2D eigenvalue weighted by molar-refractivity contribution is 8.12. The maximum atomic E-state index is 11.7. The third-order valence-corrected chi connectivity index (χ3v) is 8.08. The van der Waals surface area contributed by atoms with Crippen LogP contribution in [0.25, 0.3) is 0 Å². The van der Waals surface area contributed by atoms with Crippen LogP contribution >= 0.6 is 10.7 Å². The molecule has 0 aromatic heterocycles. The van der Waals surface area contributed by atoms with Gasteiger partial charge in [-0.15, -0.1) is 6.58 Å². The normalized spacial score (nSPS) is 17.7. The Bertz CT molecular complexity index is 937. The highest BCUT2D eigenvalue weighted by Gasteiger charge is 2.29. The number of benzene rings is 1. The minimum atomic E-state index is -0.710. The minimum absolute atomic E-state index is 0.0614. The summed E-state index contributed by atoms with van der Waals surface area (Å²) < 4.78 is 2.26. The molecule has 3 atom stereocenters. The van der Waals surface area contributed by atoms with Crippen LogP contribution in [0.4, 0.5) is 5.69 Å².